The van der Waals surface area contributed by atoms with Crippen LogP contribution in [0.5, 0.6) is 5.75 Å². The lowest BCUT2D eigenvalue weighted by atomic mass is 9.91. The van der Waals surface area contributed by atoms with Crippen LogP contribution in [0.15, 0.2) is 41.0 Å². The molecular weight excluding hydrogens is 438 g/mol. The zero-order valence-corrected chi connectivity index (χ0v) is 19.7. The minimum atomic E-state index is -0.896. The first kappa shape index (κ1) is 23.8. The van der Waals surface area contributed by atoms with Crippen molar-refractivity contribution >= 4 is 23.4 Å². The average molecular weight is 470 g/mol. The van der Waals surface area contributed by atoms with Gasteiger partial charge in [-0.05, 0) is 48.6 Å². The number of aliphatic hydroxyl groups is 1. The van der Waals surface area contributed by atoms with Crippen molar-refractivity contribution in [2.75, 3.05) is 32.1 Å². The smallest absolute Gasteiger partial charge is 0.290 e. The number of carbonyl (C=O) groups excluding carboxylic acids is 3. The first-order chi connectivity index (χ1) is 16.3. The molecule has 3 heterocycles. The highest BCUT2D eigenvalue weighted by Gasteiger charge is 2.40. The molecule has 2 fully saturated rings. The maximum Gasteiger partial charge on any atom is 0.290 e. The van der Waals surface area contributed by atoms with E-state index in [1.54, 1.807) is 24.3 Å². The van der Waals surface area contributed by atoms with Crippen LogP contribution in [0.3, 0.4) is 0 Å². The molecular formula is C25H31N3O6. The summed E-state index contributed by atoms with van der Waals surface area (Å²) in [5.74, 6) is 0.253. The Labute approximate surface area is 198 Å². The predicted molar refractivity (Wildman–Crippen MR) is 125 cm³/mol. The number of β-amino-alcohol motifs (C(OH)–C–C–N with tert-alkyl or cyclic N) is 1. The number of methoxy groups -OCH3 is 1. The number of furan rings is 1. The molecule has 2 aliphatic heterocycles. The van der Waals surface area contributed by atoms with E-state index in [1.165, 1.54) is 24.3 Å². The van der Waals surface area contributed by atoms with Crippen LogP contribution in [0.25, 0.3) is 0 Å². The van der Waals surface area contributed by atoms with Gasteiger partial charge >= 0.3 is 0 Å². The first-order valence-corrected chi connectivity index (χ1v) is 11.6. The van der Waals surface area contributed by atoms with Crippen molar-refractivity contribution in [3.05, 3.63) is 47.9 Å². The van der Waals surface area contributed by atoms with Crippen LogP contribution in [0.1, 0.15) is 47.6 Å². The van der Waals surface area contributed by atoms with Gasteiger partial charge in [-0.1, -0.05) is 13.8 Å². The number of nitrogens with zero attached hydrogens (tertiary/aromatic N) is 2. The third-order valence-corrected chi connectivity index (χ3v) is 6.45. The number of hydrogen-bond acceptors (Lipinski definition) is 6. The van der Waals surface area contributed by atoms with Crippen LogP contribution in [-0.2, 0) is 4.79 Å². The fourth-order valence-electron chi connectivity index (χ4n) is 4.98. The number of anilines is 1. The standard InChI is InChI=1S/C25H31N3O6/c1-15-9-16(2)13-27(12-15)24(31)19-11-18(33-3)6-7-20(19)26-23(30)21-10-17(29)14-28(21)25(32)22-5-4-8-34-22/h4-8,11,15-17,21,29H,9-10,12-14H2,1-3H3,(H,26,30)/t15-,16+,17?,21?. The molecule has 4 rings (SSSR count). The van der Waals surface area contributed by atoms with Gasteiger partial charge in [0, 0.05) is 26.1 Å². The number of likely N-dealkylation sites (tertiary alicyclic amines) is 2. The number of ether oxygens (including phenoxy) is 1. The zero-order chi connectivity index (χ0) is 24.4. The van der Waals surface area contributed by atoms with Crippen LogP contribution in [0.4, 0.5) is 5.69 Å². The number of nitrogens with one attached hydrogen (secondary N) is 1. The van der Waals surface area contributed by atoms with E-state index in [-0.39, 0.29) is 24.6 Å². The van der Waals surface area contributed by atoms with Gasteiger partial charge in [-0.2, -0.15) is 0 Å². The molecule has 0 saturated carbocycles. The quantitative estimate of drug-likeness (QED) is 0.696. The molecule has 9 nitrogen and oxygen atoms in total. The van der Waals surface area contributed by atoms with Gasteiger partial charge in [0.15, 0.2) is 5.76 Å². The molecule has 2 saturated heterocycles. The second-order valence-corrected chi connectivity index (χ2v) is 9.40. The summed E-state index contributed by atoms with van der Waals surface area (Å²) in [7, 11) is 1.52. The maximum atomic E-state index is 13.5. The van der Waals surface area contributed by atoms with E-state index in [0.29, 0.717) is 41.9 Å². The Kier molecular flexibility index (Phi) is 6.92. The first-order valence-electron chi connectivity index (χ1n) is 11.6. The third kappa shape index (κ3) is 4.94. The Morgan fingerprint density at radius 1 is 1.06 bits per heavy atom. The number of benzene rings is 1. The monoisotopic (exact) mass is 469 g/mol. The molecule has 1 aromatic heterocycles. The fraction of sp³-hybridized carbons (Fsp3) is 0.480. The molecule has 0 radical (unpaired) electrons. The Morgan fingerprint density at radius 2 is 1.79 bits per heavy atom. The lowest BCUT2D eigenvalue weighted by Gasteiger charge is -2.35. The van der Waals surface area contributed by atoms with Crippen molar-refractivity contribution in [3.63, 3.8) is 0 Å². The van der Waals surface area contributed by atoms with Gasteiger partial charge in [0.25, 0.3) is 11.8 Å². The second-order valence-electron chi connectivity index (χ2n) is 9.40. The molecule has 0 aliphatic carbocycles. The van der Waals surface area contributed by atoms with E-state index in [9.17, 15) is 19.5 Å². The van der Waals surface area contributed by atoms with Crippen molar-refractivity contribution < 1.29 is 28.6 Å². The largest absolute Gasteiger partial charge is 0.497 e. The lowest BCUT2D eigenvalue weighted by Crippen LogP contribution is -2.44. The van der Waals surface area contributed by atoms with Crippen LogP contribution < -0.4 is 10.1 Å². The van der Waals surface area contributed by atoms with E-state index in [0.717, 1.165) is 6.42 Å². The third-order valence-electron chi connectivity index (χ3n) is 6.45. The molecule has 0 bridgehead atoms. The molecule has 2 aliphatic rings. The van der Waals surface area contributed by atoms with Crippen LogP contribution in [0.2, 0.25) is 0 Å². The topological polar surface area (TPSA) is 112 Å². The minimum Gasteiger partial charge on any atom is -0.497 e. The van der Waals surface area contributed by atoms with Gasteiger partial charge in [0.05, 0.1) is 30.7 Å². The van der Waals surface area contributed by atoms with E-state index in [4.69, 9.17) is 9.15 Å². The van der Waals surface area contributed by atoms with Gasteiger partial charge in [0.1, 0.15) is 11.8 Å². The second kappa shape index (κ2) is 9.89. The van der Waals surface area contributed by atoms with Crippen LogP contribution in [0, 0.1) is 11.8 Å². The Hall–Kier alpha value is -3.33. The molecule has 2 aromatic rings. The molecule has 4 atom stereocenters. The Morgan fingerprint density at radius 3 is 2.44 bits per heavy atom. The van der Waals surface area contributed by atoms with Crippen LogP contribution in [-0.4, -0.2) is 71.5 Å². The number of aliphatic hydroxyl groups excluding tert-OH is 1. The fourth-order valence-corrected chi connectivity index (χ4v) is 4.98. The van der Waals surface area contributed by atoms with E-state index in [2.05, 4.69) is 19.2 Å². The number of rotatable bonds is 5. The summed E-state index contributed by atoms with van der Waals surface area (Å²) in [6.45, 7) is 5.57. The lowest BCUT2D eigenvalue weighted by molar-refractivity contribution is -0.119. The molecule has 2 N–H and O–H groups in total. The highest BCUT2D eigenvalue weighted by Crippen LogP contribution is 2.29. The number of amides is 3. The SMILES string of the molecule is COc1ccc(NC(=O)C2CC(O)CN2C(=O)c2ccco2)c(C(=O)N2C[C@H](C)C[C@H](C)C2)c1. The maximum absolute atomic E-state index is 13.5. The van der Waals surface area contributed by atoms with Crippen molar-refractivity contribution in [1.29, 1.82) is 0 Å². The van der Waals surface area contributed by atoms with E-state index in [1.807, 2.05) is 4.90 Å². The normalized spacial score (nSPS) is 24.7. The predicted octanol–water partition coefficient (Wildman–Crippen LogP) is 2.62. The zero-order valence-electron chi connectivity index (χ0n) is 19.7. The van der Waals surface area contributed by atoms with E-state index < -0.39 is 24.0 Å². The summed E-state index contributed by atoms with van der Waals surface area (Å²) < 4.78 is 10.5. The van der Waals surface area contributed by atoms with Gasteiger partial charge in [-0.25, -0.2) is 0 Å². The number of piperidine rings is 1. The molecule has 3 amide bonds. The highest BCUT2D eigenvalue weighted by molar-refractivity contribution is 6.06. The molecule has 2 unspecified atom stereocenters. The molecule has 182 valence electrons. The van der Waals surface area contributed by atoms with Gasteiger partial charge in [-0.15, -0.1) is 0 Å². The summed E-state index contributed by atoms with van der Waals surface area (Å²) >= 11 is 0. The molecule has 34 heavy (non-hydrogen) atoms. The number of carbonyl (C=O) groups is 3. The molecule has 0 spiro atoms. The summed E-state index contributed by atoms with van der Waals surface area (Å²) in [5, 5.41) is 13.0. The summed E-state index contributed by atoms with van der Waals surface area (Å²) in [5.41, 5.74) is 0.671. The molecule has 1 aromatic carbocycles. The summed E-state index contributed by atoms with van der Waals surface area (Å²) in [6.07, 6.45) is 1.71. The Bertz CT molecular complexity index is 1040. The van der Waals surface area contributed by atoms with E-state index >= 15 is 0 Å². The Balaban J connectivity index is 1.57. The van der Waals surface area contributed by atoms with Gasteiger partial charge in [0.2, 0.25) is 5.91 Å². The molecule has 9 heteroatoms. The van der Waals surface area contributed by atoms with Crippen molar-refractivity contribution in [2.45, 2.75) is 38.8 Å². The average Bonchev–Trinajstić information content (AvgIpc) is 3.48. The summed E-state index contributed by atoms with van der Waals surface area (Å²) in [6, 6.07) is 7.13. The van der Waals surface area contributed by atoms with Crippen molar-refractivity contribution in [1.82, 2.24) is 9.80 Å². The number of hydrogen-bond donors (Lipinski definition) is 2. The highest BCUT2D eigenvalue weighted by atomic mass is 16.5. The van der Waals surface area contributed by atoms with Crippen molar-refractivity contribution in [2.24, 2.45) is 11.8 Å². The summed E-state index contributed by atoms with van der Waals surface area (Å²) in [4.78, 5) is 42.6. The van der Waals surface area contributed by atoms with Gasteiger partial charge < -0.3 is 29.4 Å². The van der Waals surface area contributed by atoms with Crippen LogP contribution >= 0.6 is 0 Å². The van der Waals surface area contributed by atoms with Crippen molar-refractivity contribution in [3.8, 4) is 5.75 Å². The minimum absolute atomic E-state index is 0.0234. The van der Waals surface area contributed by atoms with Gasteiger partial charge in [-0.3, -0.25) is 14.4 Å².